The largest absolute Gasteiger partial charge is 0.489 e. The molecule has 0 bridgehead atoms. The molecular weight excluding hydrogens is 323 g/mol. The summed E-state index contributed by atoms with van der Waals surface area (Å²) in [4.78, 5) is 22.5. The number of carboxylic acid groups (broad SMARTS) is 1. The summed E-state index contributed by atoms with van der Waals surface area (Å²) < 4.78 is 41.6. The van der Waals surface area contributed by atoms with Gasteiger partial charge in [0.15, 0.2) is 0 Å². The molecule has 0 radical (unpaired) electrons. The number of ether oxygens (including phenoxy) is 1. The van der Waals surface area contributed by atoms with Crippen LogP contribution in [0.4, 0.5) is 18.9 Å². The summed E-state index contributed by atoms with van der Waals surface area (Å²) in [6.07, 6.45) is -0.254. The second kappa shape index (κ2) is 7.39. The van der Waals surface area contributed by atoms with Gasteiger partial charge in [0.1, 0.15) is 5.75 Å². The van der Waals surface area contributed by atoms with E-state index in [4.69, 9.17) is 9.84 Å². The lowest BCUT2D eigenvalue weighted by Crippen LogP contribution is -2.18. The minimum absolute atomic E-state index is 0.0152. The van der Waals surface area contributed by atoms with Crippen LogP contribution in [0.15, 0.2) is 18.2 Å². The number of thioether (sulfide) groups is 1. The van der Waals surface area contributed by atoms with Gasteiger partial charge in [0.2, 0.25) is 5.91 Å². The molecule has 1 aromatic carbocycles. The van der Waals surface area contributed by atoms with Crippen LogP contribution >= 0.6 is 11.8 Å². The molecule has 0 spiro atoms. The SMILES string of the molecule is CC(C)Oc1ccc(C(=O)O)cc1NC(=O)CSC(F)(F)F. The van der Waals surface area contributed by atoms with E-state index < -0.39 is 34.9 Å². The molecule has 0 saturated heterocycles. The lowest BCUT2D eigenvalue weighted by Gasteiger charge is -2.15. The Balaban J connectivity index is 2.91. The first kappa shape index (κ1) is 18.1. The summed E-state index contributed by atoms with van der Waals surface area (Å²) in [6.45, 7) is 3.44. The number of benzene rings is 1. The van der Waals surface area contributed by atoms with E-state index in [-0.39, 0.29) is 23.1 Å². The summed E-state index contributed by atoms with van der Waals surface area (Å²) in [5, 5.41) is 11.2. The van der Waals surface area contributed by atoms with Gasteiger partial charge in [0, 0.05) is 0 Å². The Morgan fingerprint density at radius 1 is 1.36 bits per heavy atom. The van der Waals surface area contributed by atoms with Gasteiger partial charge in [-0.05, 0) is 43.8 Å². The Hall–Kier alpha value is -1.90. The van der Waals surface area contributed by atoms with Crippen molar-refractivity contribution < 1.29 is 32.6 Å². The van der Waals surface area contributed by atoms with Gasteiger partial charge in [-0.25, -0.2) is 4.79 Å². The number of halogens is 3. The Morgan fingerprint density at radius 2 is 2.00 bits per heavy atom. The van der Waals surface area contributed by atoms with Crippen LogP contribution in [-0.2, 0) is 4.79 Å². The number of rotatable bonds is 6. The second-order valence-corrected chi connectivity index (χ2v) is 5.51. The summed E-state index contributed by atoms with van der Waals surface area (Å²) in [6, 6.07) is 3.76. The quantitative estimate of drug-likeness (QED) is 0.832. The van der Waals surface area contributed by atoms with Crippen molar-refractivity contribution in [3.05, 3.63) is 23.8 Å². The Morgan fingerprint density at radius 3 is 2.50 bits per heavy atom. The number of carboxylic acids is 1. The number of anilines is 1. The number of alkyl halides is 3. The highest BCUT2D eigenvalue weighted by atomic mass is 32.2. The minimum atomic E-state index is -4.52. The van der Waals surface area contributed by atoms with Crippen LogP contribution in [-0.4, -0.2) is 34.3 Å². The third-order valence-corrected chi connectivity index (χ3v) is 2.96. The van der Waals surface area contributed by atoms with Crippen molar-refractivity contribution in [1.82, 2.24) is 0 Å². The van der Waals surface area contributed by atoms with Crippen LogP contribution in [0.5, 0.6) is 5.75 Å². The van der Waals surface area contributed by atoms with Gasteiger partial charge in [-0.2, -0.15) is 13.2 Å². The average molecular weight is 337 g/mol. The predicted octanol–water partition coefficient (Wildman–Crippen LogP) is 3.36. The van der Waals surface area contributed by atoms with E-state index in [1.807, 2.05) is 0 Å². The second-order valence-electron chi connectivity index (χ2n) is 4.47. The normalized spacial score (nSPS) is 11.4. The molecule has 0 aliphatic carbocycles. The van der Waals surface area contributed by atoms with E-state index in [9.17, 15) is 22.8 Å². The van der Waals surface area contributed by atoms with E-state index in [1.54, 1.807) is 13.8 Å². The van der Waals surface area contributed by atoms with Gasteiger partial charge in [-0.3, -0.25) is 4.79 Å². The maximum absolute atomic E-state index is 12.1. The fourth-order valence-electron chi connectivity index (χ4n) is 1.45. The lowest BCUT2D eigenvalue weighted by molar-refractivity contribution is -0.114. The number of carbonyl (C=O) groups excluding carboxylic acids is 1. The number of amides is 1. The molecule has 0 aliphatic rings. The van der Waals surface area contributed by atoms with E-state index in [2.05, 4.69) is 5.32 Å². The van der Waals surface area contributed by atoms with Gasteiger partial charge < -0.3 is 15.2 Å². The highest BCUT2D eigenvalue weighted by Crippen LogP contribution is 2.31. The molecule has 122 valence electrons. The van der Waals surface area contributed by atoms with Crippen molar-refractivity contribution in [2.75, 3.05) is 11.1 Å². The molecular formula is C13H14F3NO4S. The average Bonchev–Trinajstić information content (AvgIpc) is 2.37. The first-order valence-electron chi connectivity index (χ1n) is 6.13. The maximum atomic E-state index is 12.1. The third-order valence-electron chi connectivity index (χ3n) is 2.23. The van der Waals surface area contributed by atoms with Crippen molar-refractivity contribution >= 4 is 29.3 Å². The molecule has 0 aliphatic heterocycles. The predicted molar refractivity (Wildman–Crippen MR) is 76.3 cm³/mol. The van der Waals surface area contributed by atoms with Crippen LogP contribution in [0.25, 0.3) is 0 Å². The molecule has 22 heavy (non-hydrogen) atoms. The maximum Gasteiger partial charge on any atom is 0.442 e. The molecule has 1 amide bonds. The molecule has 0 unspecified atom stereocenters. The molecule has 5 nitrogen and oxygen atoms in total. The molecule has 0 saturated carbocycles. The van der Waals surface area contributed by atoms with Crippen molar-refractivity contribution in [2.24, 2.45) is 0 Å². The Kier molecular flexibility index (Phi) is 6.10. The van der Waals surface area contributed by atoms with Gasteiger partial charge in [0.25, 0.3) is 0 Å². The zero-order valence-corrected chi connectivity index (χ0v) is 12.5. The Labute approximate surface area is 128 Å². The molecule has 0 aromatic heterocycles. The minimum Gasteiger partial charge on any atom is -0.489 e. The van der Waals surface area contributed by atoms with Gasteiger partial charge in [-0.1, -0.05) is 0 Å². The van der Waals surface area contributed by atoms with Gasteiger partial charge in [-0.15, -0.1) is 0 Å². The summed E-state index contributed by atoms with van der Waals surface area (Å²) in [5.41, 5.74) is -4.62. The lowest BCUT2D eigenvalue weighted by atomic mass is 10.2. The molecule has 2 N–H and O–H groups in total. The Bertz CT molecular complexity index is 561. The van der Waals surface area contributed by atoms with Crippen LogP contribution < -0.4 is 10.1 Å². The monoisotopic (exact) mass is 337 g/mol. The number of aromatic carboxylic acids is 1. The summed E-state index contributed by atoms with van der Waals surface area (Å²) in [7, 11) is 0. The number of nitrogens with one attached hydrogen (secondary N) is 1. The van der Waals surface area contributed by atoms with Crippen LogP contribution in [0.3, 0.4) is 0 Å². The van der Waals surface area contributed by atoms with Crippen LogP contribution in [0.1, 0.15) is 24.2 Å². The smallest absolute Gasteiger partial charge is 0.442 e. The van der Waals surface area contributed by atoms with Crippen LogP contribution in [0.2, 0.25) is 0 Å². The molecule has 0 fully saturated rings. The van der Waals surface area contributed by atoms with Crippen molar-refractivity contribution in [1.29, 1.82) is 0 Å². The first-order chi connectivity index (χ1) is 10.1. The van der Waals surface area contributed by atoms with Crippen molar-refractivity contribution in [2.45, 2.75) is 25.5 Å². The van der Waals surface area contributed by atoms with E-state index >= 15 is 0 Å². The van der Waals surface area contributed by atoms with Gasteiger partial charge >= 0.3 is 11.5 Å². The highest BCUT2D eigenvalue weighted by molar-refractivity contribution is 8.00. The molecule has 1 aromatic rings. The van der Waals surface area contributed by atoms with Crippen molar-refractivity contribution in [3.63, 3.8) is 0 Å². The zero-order chi connectivity index (χ0) is 16.9. The molecule has 9 heteroatoms. The van der Waals surface area contributed by atoms with Crippen LogP contribution in [0, 0.1) is 0 Å². The van der Waals surface area contributed by atoms with E-state index in [0.717, 1.165) is 6.07 Å². The fourth-order valence-corrected chi connectivity index (χ4v) is 1.82. The van der Waals surface area contributed by atoms with Gasteiger partial charge in [0.05, 0.1) is 23.1 Å². The molecule has 1 rings (SSSR count). The summed E-state index contributed by atoms with van der Waals surface area (Å²) >= 11 is -0.478. The third kappa shape index (κ3) is 6.25. The first-order valence-corrected chi connectivity index (χ1v) is 7.11. The highest BCUT2D eigenvalue weighted by Gasteiger charge is 2.29. The van der Waals surface area contributed by atoms with E-state index in [0.29, 0.717) is 0 Å². The topological polar surface area (TPSA) is 75.6 Å². The van der Waals surface area contributed by atoms with Crippen molar-refractivity contribution in [3.8, 4) is 5.75 Å². The standard InChI is InChI=1S/C13H14F3NO4S/c1-7(2)21-10-4-3-8(12(19)20)5-9(10)17-11(18)6-22-13(14,15)16/h3-5,7H,6H2,1-2H3,(H,17,18)(H,19,20). The number of carbonyl (C=O) groups is 2. The summed E-state index contributed by atoms with van der Waals surface area (Å²) in [5.74, 6) is -2.78. The number of hydrogen-bond acceptors (Lipinski definition) is 4. The fraction of sp³-hybridized carbons (Fsp3) is 0.385. The van der Waals surface area contributed by atoms with E-state index in [1.165, 1.54) is 12.1 Å². The zero-order valence-electron chi connectivity index (χ0n) is 11.7. The molecule has 0 atom stereocenters. The molecule has 0 heterocycles. The number of hydrogen-bond donors (Lipinski definition) is 2.